The van der Waals surface area contributed by atoms with Crippen molar-refractivity contribution in [2.24, 2.45) is 5.73 Å². The van der Waals surface area contributed by atoms with E-state index >= 15 is 0 Å². The summed E-state index contributed by atoms with van der Waals surface area (Å²) in [5.41, 5.74) is 8.05. The maximum absolute atomic E-state index is 6.25. The van der Waals surface area contributed by atoms with E-state index in [9.17, 15) is 0 Å². The van der Waals surface area contributed by atoms with Crippen molar-refractivity contribution in [3.05, 3.63) is 58.3 Å². The summed E-state index contributed by atoms with van der Waals surface area (Å²) >= 11 is 12.5. The lowest BCUT2D eigenvalue weighted by atomic mass is 10.0. The summed E-state index contributed by atoms with van der Waals surface area (Å²) in [6.45, 7) is 0.365. The van der Waals surface area contributed by atoms with Crippen molar-refractivity contribution < 1.29 is 4.42 Å². The number of furan rings is 1. The smallest absolute Gasteiger partial charge is 0.142 e. The molecule has 0 saturated heterocycles. The summed E-state index contributed by atoms with van der Waals surface area (Å²) in [6, 6.07) is 13.3. The summed E-state index contributed by atoms with van der Waals surface area (Å²) in [4.78, 5) is 0. The van der Waals surface area contributed by atoms with Crippen LogP contribution in [0.1, 0.15) is 5.76 Å². The van der Waals surface area contributed by atoms with E-state index in [1.807, 2.05) is 42.5 Å². The molecule has 0 unspecified atom stereocenters. The highest BCUT2D eigenvalue weighted by Crippen LogP contribution is 2.39. The van der Waals surface area contributed by atoms with E-state index in [1.54, 1.807) is 0 Å². The second-order valence-electron chi connectivity index (χ2n) is 4.24. The van der Waals surface area contributed by atoms with Crippen molar-refractivity contribution >= 4 is 34.2 Å². The van der Waals surface area contributed by atoms with Gasteiger partial charge in [-0.3, -0.25) is 0 Å². The topological polar surface area (TPSA) is 39.2 Å². The Balaban J connectivity index is 2.33. The Morgan fingerprint density at radius 2 is 1.68 bits per heavy atom. The Bertz CT molecular complexity index is 729. The molecule has 0 saturated carbocycles. The molecule has 0 fully saturated rings. The monoisotopic (exact) mass is 291 g/mol. The number of para-hydroxylation sites is 1. The number of rotatable bonds is 2. The average Bonchev–Trinajstić information content (AvgIpc) is 2.82. The first kappa shape index (κ1) is 12.5. The first-order chi connectivity index (χ1) is 9.20. The van der Waals surface area contributed by atoms with Crippen LogP contribution in [0, 0.1) is 0 Å². The Kier molecular flexibility index (Phi) is 3.23. The molecule has 0 atom stereocenters. The van der Waals surface area contributed by atoms with E-state index in [1.165, 1.54) is 0 Å². The van der Waals surface area contributed by atoms with Crippen LogP contribution in [0.3, 0.4) is 0 Å². The van der Waals surface area contributed by atoms with Crippen molar-refractivity contribution in [2.75, 3.05) is 0 Å². The average molecular weight is 292 g/mol. The Labute approximate surface area is 120 Å². The van der Waals surface area contributed by atoms with Gasteiger partial charge in [0.25, 0.3) is 0 Å². The van der Waals surface area contributed by atoms with Gasteiger partial charge < -0.3 is 10.2 Å². The minimum Gasteiger partial charge on any atom is -0.459 e. The number of hydrogen-bond acceptors (Lipinski definition) is 2. The summed E-state index contributed by atoms with van der Waals surface area (Å²) in [5.74, 6) is 0.741. The van der Waals surface area contributed by atoms with Crippen molar-refractivity contribution in [3.8, 4) is 11.1 Å². The van der Waals surface area contributed by atoms with Crippen LogP contribution in [0.25, 0.3) is 22.1 Å². The number of hydrogen-bond donors (Lipinski definition) is 1. The zero-order valence-electron chi connectivity index (χ0n) is 9.99. The first-order valence-electron chi connectivity index (χ1n) is 5.86. The fourth-order valence-corrected chi connectivity index (χ4v) is 2.77. The number of halogens is 2. The van der Waals surface area contributed by atoms with E-state index in [-0.39, 0.29) is 0 Å². The second kappa shape index (κ2) is 4.89. The van der Waals surface area contributed by atoms with Gasteiger partial charge in [-0.05, 0) is 18.2 Å². The molecule has 4 heteroatoms. The van der Waals surface area contributed by atoms with Crippen molar-refractivity contribution in [1.82, 2.24) is 0 Å². The third-order valence-corrected chi connectivity index (χ3v) is 3.66. The molecule has 3 rings (SSSR count). The van der Waals surface area contributed by atoms with Crippen LogP contribution in [0.4, 0.5) is 0 Å². The molecular formula is C15H11Cl2NO. The van der Waals surface area contributed by atoms with Crippen molar-refractivity contribution in [2.45, 2.75) is 6.54 Å². The molecule has 0 aliphatic rings. The van der Waals surface area contributed by atoms with E-state index in [0.29, 0.717) is 16.6 Å². The minimum atomic E-state index is 0.365. The van der Waals surface area contributed by atoms with Crippen LogP contribution in [0.2, 0.25) is 10.0 Å². The Morgan fingerprint density at radius 3 is 2.37 bits per heavy atom. The normalized spacial score (nSPS) is 11.1. The highest BCUT2D eigenvalue weighted by Gasteiger charge is 2.14. The van der Waals surface area contributed by atoms with Gasteiger partial charge in [-0.25, -0.2) is 0 Å². The van der Waals surface area contributed by atoms with Gasteiger partial charge >= 0.3 is 0 Å². The van der Waals surface area contributed by atoms with Gasteiger partial charge in [0, 0.05) is 16.5 Å². The molecule has 1 aromatic heterocycles. The SMILES string of the molecule is NCc1cc2cccc(-c3c(Cl)cccc3Cl)c2o1. The molecule has 0 radical (unpaired) electrons. The fourth-order valence-electron chi connectivity index (χ4n) is 2.17. The zero-order chi connectivity index (χ0) is 13.4. The van der Waals surface area contributed by atoms with E-state index in [0.717, 1.165) is 27.9 Å². The molecule has 3 aromatic rings. The molecule has 0 amide bonds. The van der Waals surface area contributed by atoms with E-state index < -0.39 is 0 Å². The largest absolute Gasteiger partial charge is 0.459 e. The van der Waals surface area contributed by atoms with Crippen LogP contribution >= 0.6 is 23.2 Å². The standard InChI is InChI=1S/C15H11Cl2NO/c16-12-5-2-6-13(17)14(12)11-4-1-3-9-7-10(8-18)19-15(9)11/h1-7H,8,18H2. The second-order valence-corrected chi connectivity index (χ2v) is 5.05. The van der Waals surface area contributed by atoms with Gasteiger partial charge in [0.1, 0.15) is 11.3 Å². The molecule has 0 spiro atoms. The van der Waals surface area contributed by atoms with Gasteiger partial charge in [0.05, 0.1) is 16.6 Å². The fraction of sp³-hybridized carbons (Fsp3) is 0.0667. The molecule has 0 bridgehead atoms. The summed E-state index contributed by atoms with van der Waals surface area (Å²) < 4.78 is 5.77. The third-order valence-electron chi connectivity index (χ3n) is 3.03. The van der Waals surface area contributed by atoms with Crippen LogP contribution in [-0.4, -0.2) is 0 Å². The van der Waals surface area contributed by atoms with Crippen LogP contribution in [0.5, 0.6) is 0 Å². The third kappa shape index (κ3) is 2.12. The van der Waals surface area contributed by atoms with Crippen LogP contribution < -0.4 is 5.73 Å². The molecule has 2 aromatic carbocycles. The van der Waals surface area contributed by atoms with Gasteiger partial charge in [-0.2, -0.15) is 0 Å². The number of benzene rings is 2. The zero-order valence-corrected chi connectivity index (χ0v) is 11.5. The van der Waals surface area contributed by atoms with E-state index in [4.69, 9.17) is 33.4 Å². The molecule has 96 valence electrons. The van der Waals surface area contributed by atoms with Gasteiger partial charge in [-0.15, -0.1) is 0 Å². The lowest BCUT2D eigenvalue weighted by molar-refractivity contribution is 0.553. The molecule has 2 N–H and O–H groups in total. The minimum absolute atomic E-state index is 0.365. The van der Waals surface area contributed by atoms with Gasteiger partial charge in [-0.1, -0.05) is 47.5 Å². The molecule has 0 aliphatic heterocycles. The summed E-state index contributed by atoms with van der Waals surface area (Å²) in [6.07, 6.45) is 0. The number of nitrogens with two attached hydrogens (primary N) is 1. The number of fused-ring (bicyclic) bond motifs is 1. The van der Waals surface area contributed by atoms with Gasteiger partial charge in [0.2, 0.25) is 0 Å². The Morgan fingerprint density at radius 1 is 1.00 bits per heavy atom. The lowest BCUT2D eigenvalue weighted by Crippen LogP contribution is -1.92. The van der Waals surface area contributed by atoms with Crippen LogP contribution in [0.15, 0.2) is 46.9 Å². The van der Waals surface area contributed by atoms with Crippen molar-refractivity contribution in [3.63, 3.8) is 0 Å². The molecule has 1 heterocycles. The highest BCUT2D eigenvalue weighted by atomic mass is 35.5. The van der Waals surface area contributed by atoms with Gasteiger partial charge in [0.15, 0.2) is 0 Å². The summed E-state index contributed by atoms with van der Waals surface area (Å²) in [5, 5.41) is 2.20. The predicted octanol–water partition coefficient (Wildman–Crippen LogP) is 4.87. The van der Waals surface area contributed by atoms with E-state index in [2.05, 4.69) is 0 Å². The maximum Gasteiger partial charge on any atom is 0.142 e. The quantitative estimate of drug-likeness (QED) is 0.732. The summed E-state index contributed by atoms with van der Waals surface area (Å²) in [7, 11) is 0. The predicted molar refractivity (Wildman–Crippen MR) is 79.6 cm³/mol. The molecular weight excluding hydrogens is 281 g/mol. The molecule has 2 nitrogen and oxygen atoms in total. The molecule has 19 heavy (non-hydrogen) atoms. The lowest BCUT2D eigenvalue weighted by Gasteiger charge is -2.07. The van der Waals surface area contributed by atoms with Crippen LogP contribution in [-0.2, 0) is 6.54 Å². The first-order valence-corrected chi connectivity index (χ1v) is 6.62. The Hall–Kier alpha value is -1.48. The highest BCUT2D eigenvalue weighted by molar-refractivity contribution is 6.39. The maximum atomic E-state index is 6.25. The van der Waals surface area contributed by atoms with Crippen molar-refractivity contribution in [1.29, 1.82) is 0 Å². The molecule has 0 aliphatic carbocycles.